The van der Waals surface area contributed by atoms with Crippen molar-refractivity contribution in [2.24, 2.45) is 0 Å². The van der Waals surface area contributed by atoms with Crippen LogP contribution in [0.15, 0.2) is 40.8 Å². The van der Waals surface area contributed by atoms with E-state index >= 15 is 0 Å². The zero-order valence-electron chi connectivity index (χ0n) is 11.0. The lowest BCUT2D eigenvalue weighted by Crippen LogP contribution is -2.39. The molecule has 2 nitrogen and oxygen atoms in total. The Hall–Kier alpha value is -1.61. The van der Waals surface area contributed by atoms with Crippen molar-refractivity contribution in [1.29, 1.82) is 0 Å². The number of nitrogens with one attached hydrogen (secondary N) is 1. The lowest BCUT2D eigenvalue weighted by atomic mass is 9.76. The molecule has 1 fully saturated rings. The lowest BCUT2D eigenvalue weighted by molar-refractivity contribution is 0.280. The Morgan fingerprint density at radius 2 is 2.11 bits per heavy atom. The predicted molar refractivity (Wildman–Crippen MR) is 72.4 cm³/mol. The Morgan fingerprint density at radius 3 is 2.79 bits per heavy atom. The summed E-state index contributed by atoms with van der Waals surface area (Å²) in [6.45, 7) is 2.72. The molecule has 0 unspecified atom stereocenters. The van der Waals surface area contributed by atoms with Crippen molar-refractivity contribution in [3.63, 3.8) is 0 Å². The van der Waals surface area contributed by atoms with Crippen LogP contribution in [0.25, 0.3) is 0 Å². The van der Waals surface area contributed by atoms with Crippen molar-refractivity contribution in [3.05, 3.63) is 59.3 Å². The maximum absolute atomic E-state index is 13.1. The van der Waals surface area contributed by atoms with E-state index in [1.165, 1.54) is 6.07 Å². The largest absolute Gasteiger partial charge is 0.465 e. The Balaban J connectivity index is 1.48. The number of furan rings is 1. The number of benzene rings is 1. The summed E-state index contributed by atoms with van der Waals surface area (Å²) < 4.78 is 18.6. The molecular formula is C16H18FNO. The normalized spacial score (nSPS) is 22.2. The fraction of sp³-hybridized carbons (Fsp3) is 0.375. The molecule has 1 aliphatic rings. The number of rotatable bonds is 4. The van der Waals surface area contributed by atoms with Gasteiger partial charge >= 0.3 is 0 Å². The summed E-state index contributed by atoms with van der Waals surface area (Å²) >= 11 is 0. The van der Waals surface area contributed by atoms with Crippen LogP contribution in [0.2, 0.25) is 0 Å². The average molecular weight is 259 g/mol. The van der Waals surface area contributed by atoms with Crippen molar-refractivity contribution in [1.82, 2.24) is 5.32 Å². The van der Waals surface area contributed by atoms with Crippen molar-refractivity contribution in [2.45, 2.75) is 38.3 Å². The smallest absolute Gasteiger partial charge is 0.123 e. The van der Waals surface area contributed by atoms with Crippen molar-refractivity contribution in [3.8, 4) is 0 Å². The number of aryl methyl sites for hydroxylation is 1. The van der Waals surface area contributed by atoms with Gasteiger partial charge in [-0.1, -0.05) is 12.1 Å². The highest BCUT2D eigenvalue weighted by atomic mass is 19.1. The molecule has 0 saturated heterocycles. The van der Waals surface area contributed by atoms with Gasteiger partial charge in [-0.2, -0.15) is 0 Å². The molecule has 1 heterocycles. The molecule has 0 aliphatic heterocycles. The lowest BCUT2D eigenvalue weighted by Gasteiger charge is -2.36. The quantitative estimate of drug-likeness (QED) is 0.904. The van der Waals surface area contributed by atoms with Gasteiger partial charge < -0.3 is 9.73 Å². The van der Waals surface area contributed by atoms with Gasteiger partial charge in [-0.3, -0.25) is 0 Å². The van der Waals surface area contributed by atoms with Crippen LogP contribution in [0.3, 0.4) is 0 Å². The molecule has 3 heteroatoms. The molecular weight excluding hydrogens is 241 g/mol. The van der Waals surface area contributed by atoms with Crippen LogP contribution in [0.4, 0.5) is 4.39 Å². The van der Waals surface area contributed by atoms with Gasteiger partial charge in [0.1, 0.15) is 17.3 Å². The molecule has 0 radical (unpaired) electrons. The molecule has 0 spiro atoms. The number of hydrogen-bond donors (Lipinski definition) is 1. The minimum absolute atomic E-state index is 0.139. The Kier molecular flexibility index (Phi) is 3.38. The summed E-state index contributed by atoms with van der Waals surface area (Å²) in [7, 11) is 0. The zero-order chi connectivity index (χ0) is 13.2. The standard InChI is InChI=1S/C16H18FNO/c1-11-5-6-16(19-11)10-18-15-8-13(9-15)12-3-2-4-14(17)7-12/h2-7,13,15,18H,8-10H2,1H3. The minimum Gasteiger partial charge on any atom is -0.465 e. The summed E-state index contributed by atoms with van der Waals surface area (Å²) in [5.74, 6) is 2.28. The van der Waals surface area contributed by atoms with E-state index in [1.807, 2.05) is 25.1 Å². The first kappa shape index (κ1) is 12.4. The van der Waals surface area contributed by atoms with Gasteiger partial charge in [-0.15, -0.1) is 0 Å². The van der Waals surface area contributed by atoms with Crippen molar-refractivity contribution < 1.29 is 8.81 Å². The summed E-state index contributed by atoms with van der Waals surface area (Å²) in [6, 6.07) is 11.4. The van der Waals surface area contributed by atoms with E-state index < -0.39 is 0 Å². The van der Waals surface area contributed by atoms with E-state index in [4.69, 9.17) is 4.42 Å². The minimum atomic E-state index is -0.139. The van der Waals surface area contributed by atoms with Crippen molar-refractivity contribution in [2.75, 3.05) is 0 Å². The summed E-state index contributed by atoms with van der Waals surface area (Å²) in [5, 5.41) is 3.48. The van der Waals surface area contributed by atoms with Gasteiger partial charge in [-0.05, 0) is 55.5 Å². The van der Waals surface area contributed by atoms with E-state index in [9.17, 15) is 4.39 Å². The fourth-order valence-corrected chi connectivity index (χ4v) is 2.64. The van der Waals surface area contributed by atoms with E-state index in [2.05, 4.69) is 5.32 Å². The van der Waals surface area contributed by atoms with Crippen molar-refractivity contribution >= 4 is 0 Å². The Labute approximate surface area is 112 Å². The molecule has 1 aromatic heterocycles. The first-order chi connectivity index (χ1) is 9.20. The third-order valence-corrected chi connectivity index (χ3v) is 3.82. The van der Waals surface area contributed by atoms with Crippen LogP contribution in [0.5, 0.6) is 0 Å². The second kappa shape index (κ2) is 5.17. The van der Waals surface area contributed by atoms with Gasteiger partial charge in [0.2, 0.25) is 0 Å². The van der Waals surface area contributed by atoms with Crippen LogP contribution in [-0.2, 0) is 6.54 Å². The average Bonchev–Trinajstić information content (AvgIpc) is 2.73. The molecule has 100 valence electrons. The van der Waals surface area contributed by atoms with E-state index in [0.29, 0.717) is 12.0 Å². The molecule has 1 aliphatic carbocycles. The molecule has 1 N–H and O–H groups in total. The number of hydrogen-bond acceptors (Lipinski definition) is 2. The molecule has 2 aromatic rings. The first-order valence-electron chi connectivity index (χ1n) is 6.75. The monoisotopic (exact) mass is 259 g/mol. The molecule has 1 saturated carbocycles. The van der Waals surface area contributed by atoms with Crippen LogP contribution in [-0.4, -0.2) is 6.04 Å². The van der Waals surface area contributed by atoms with Crippen LogP contribution < -0.4 is 5.32 Å². The molecule has 0 amide bonds. The highest BCUT2D eigenvalue weighted by Gasteiger charge is 2.30. The Morgan fingerprint density at radius 1 is 1.26 bits per heavy atom. The third-order valence-electron chi connectivity index (χ3n) is 3.82. The number of halogens is 1. The molecule has 0 bridgehead atoms. The maximum Gasteiger partial charge on any atom is 0.123 e. The van der Waals surface area contributed by atoms with E-state index in [0.717, 1.165) is 36.5 Å². The molecule has 0 atom stereocenters. The van der Waals surface area contributed by atoms with Gasteiger partial charge in [0.15, 0.2) is 0 Å². The van der Waals surface area contributed by atoms with Gasteiger partial charge in [0, 0.05) is 6.04 Å². The third kappa shape index (κ3) is 2.87. The molecule has 1 aromatic carbocycles. The van der Waals surface area contributed by atoms with E-state index in [1.54, 1.807) is 12.1 Å². The van der Waals surface area contributed by atoms with Crippen LogP contribution in [0.1, 0.15) is 35.8 Å². The highest BCUT2D eigenvalue weighted by Crippen LogP contribution is 2.37. The molecule has 19 heavy (non-hydrogen) atoms. The SMILES string of the molecule is Cc1ccc(CNC2CC(c3cccc(F)c3)C2)o1. The van der Waals surface area contributed by atoms with Crippen LogP contribution >= 0.6 is 0 Å². The topological polar surface area (TPSA) is 25.2 Å². The van der Waals surface area contributed by atoms with E-state index in [-0.39, 0.29) is 5.82 Å². The van der Waals surface area contributed by atoms with Gasteiger partial charge in [-0.25, -0.2) is 4.39 Å². The predicted octanol–water partition coefficient (Wildman–Crippen LogP) is 3.76. The highest BCUT2D eigenvalue weighted by molar-refractivity contribution is 5.23. The Bertz CT molecular complexity index is 557. The first-order valence-corrected chi connectivity index (χ1v) is 6.75. The molecule has 3 rings (SSSR count). The second-order valence-corrected chi connectivity index (χ2v) is 5.31. The zero-order valence-corrected chi connectivity index (χ0v) is 11.0. The summed E-state index contributed by atoms with van der Waals surface area (Å²) in [5.41, 5.74) is 1.12. The maximum atomic E-state index is 13.1. The summed E-state index contributed by atoms with van der Waals surface area (Å²) in [6.07, 6.45) is 2.15. The van der Waals surface area contributed by atoms with Gasteiger partial charge in [0.25, 0.3) is 0 Å². The van der Waals surface area contributed by atoms with Gasteiger partial charge in [0.05, 0.1) is 6.54 Å². The fourth-order valence-electron chi connectivity index (χ4n) is 2.64. The summed E-state index contributed by atoms with van der Waals surface area (Å²) in [4.78, 5) is 0. The second-order valence-electron chi connectivity index (χ2n) is 5.31. The van der Waals surface area contributed by atoms with Crippen LogP contribution in [0, 0.1) is 12.7 Å².